The average molecular weight is 326 g/mol. The van der Waals surface area contributed by atoms with E-state index < -0.39 is 11.7 Å². The first-order valence-corrected chi connectivity index (χ1v) is 7.03. The molecule has 22 heavy (non-hydrogen) atoms. The summed E-state index contributed by atoms with van der Waals surface area (Å²) < 4.78 is 32.3. The Balaban J connectivity index is 2.43. The highest BCUT2D eigenvalue weighted by atomic mass is 35.5. The lowest BCUT2D eigenvalue weighted by molar-refractivity contribution is -0.116. The van der Waals surface area contributed by atoms with Gasteiger partial charge in [0.1, 0.15) is 23.1 Å². The highest BCUT2D eigenvalue weighted by molar-refractivity contribution is 6.29. The van der Waals surface area contributed by atoms with Gasteiger partial charge in [0.05, 0.1) is 13.7 Å². The van der Waals surface area contributed by atoms with Crippen LogP contribution < -0.4 is 9.64 Å². The van der Waals surface area contributed by atoms with Gasteiger partial charge in [-0.3, -0.25) is 4.79 Å². The molecule has 2 aromatic rings. The van der Waals surface area contributed by atoms with Crippen LogP contribution in [0.5, 0.6) is 5.75 Å². The maximum atomic E-state index is 14.2. The molecular formula is C16H14ClF2NO2. The summed E-state index contributed by atoms with van der Waals surface area (Å²) in [5.74, 6) is -1.55. The molecule has 116 valence electrons. The number of para-hydroxylation sites is 1. The van der Waals surface area contributed by atoms with Crippen molar-refractivity contribution in [2.45, 2.75) is 6.54 Å². The van der Waals surface area contributed by atoms with Crippen LogP contribution in [0, 0.1) is 11.6 Å². The lowest BCUT2D eigenvalue weighted by Gasteiger charge is -2.24. The molecule has 2 rings (SSSR count). The predicted octanol–water partition coefficient (Wildman–Crippen LogP) is 3.75. The summed E-state index contributed by atoms with van der Waals surface area (Å²) >= 11 is 5.62. The summed E-state index contributed by atoms with van der Waals surface area (Å²) in [6.45, 7) is 0.0587. The van der Waals surface area contributed by atoms with Crippen molar-refractivity contribution in [2.24, 2.45) is 0 Å². The summed E-state index contributed by atoms with van der Waals surface area (Å²) in [7, 11) is 1.39. The molecule has 0 saturated carbocycles. The normalized spacial score (nSPS) is 10.4. The summed E-state index contributed by atoms with van der Waals surface area (Å²) in [5, 5.41) is 0. The number of benzene rings is 2. The van der Waals surface area contributed by atoms with Crippen molar-refractivity contribution in [3.63, 3.8) is 0 Å². The van der Waals surface area contributed by atoms with Crippen molar-refractivity contribution < 1.29 is 18.3 Å². The van der Waals surface area contributed by atoms with E-state index in [1.807, 2.05) is 0 Å². The molecule has 0 aliphatic carbocycles. The van der Waals surface area contributed by atoms with Crippen LogP contribution >= 0.6 is 11.6 Å². The van der Waals surface area contributed by atoms with Gasteiger partial charge in [-0.25, -0.2) is 8.78 Å². The Hall–Kier alpha value is -2.14. The number of ether oxygens (including phenoxy) is 1. The molecule has 0 radical (unpaired) electrons. The maximum Gasteiger partial charge on any atom is 0.242 e. The Morgan fingerprint density at radius 1 is 1.18 bits per heavy atom. The second-order valence-corrected chi connectivity index (χ2v) is 4.80. The van der Waals surface area contributed by atoms with E-state index in [1.165, 1.54) is 48.4 Å². The number of rotatable bonds is 5. The van der Waals surface area contributed by atoms with Crippen LogP contribution in [0.2, 0.25) is 0 Å². The molecule has 3 nitrogen and oxygen atoms in total. The standard InChI is InChI=1S/C16H14ClF2NO2/c1-22-14-4-2-3-13(19)16(14)20(15(21)9-17)10-11-5-7-12(18)8-6-11/h2-8H,9-10H2,1H3. The lowest BCUT2D eigenvalue weighted by Crippen LogP contribution is -2.32. The zero-order chi connectivity index (χ0) is 16.1. The number of alkyl halides is 1. The van der Waals surface area contributed by atoms with E-state index in [9.17, 15) is 13.6 Å². The monoisotopic (exact) mass is 325 g/mol. The number of halogens is 3. The zero-order valence-electron chi connectivity index (χ0n) is 11.9. The summed E-state index contributed by atoms with van der Waals surface area (Å²) in [6.07, 6.45) is 0. The van der Waals surface area contributed by atoms with Crippen LogP contribution in [0.25, 0.3) is 0 Å². The van der Waals surface area contributed by atoms with Gasteiger partial charge in [0.15, 0.2) is 5.82 Å². The fraction of sp³-hybridized carbons (Fsp3) is 0.188. The van der Waals surface area contributed by atoms with E-state index in [2.05, 4.69) is 0 Å². The molecule has 0 aliphatic heterocycles. The predicted molar refractivity (Wildman–Crippen MR) is 81.3 cm³/mol. The highest BCUT2D eigenvalue weighted by Gasteiger charge is 2.22. The Labute approximate surface area is 132 Å². The molecule has 1 amide bonds. The van der Waals surface area contributed by atoms with Crippen molar-refractivity contribution in [2.75, 3.05) is 17.9 Å². The van der Waals surface area contributed by atoms with Gasteiger partial charge in [0, 0.05) is 0 Å². The van der Waals surface area contributed by atoms with E-state index in [4.69, 9.17) is 16.3 Å². The molecule has 0 atom stereocenters. The number of hydrogen-bond donors (Lipinski definition) is 0. The van der Waals surface area contributed by atoms with Crippen molar-refractivity contribution in [3.8, 4) is 5.75 Å². The lowest BCUT2D eigenvalue weighted by atomic mass is 10.1. The Morgan fingerprint density at radius 2 is 1.86 bits per heavy atom. The minimum Gasteiger partial charge on any atom is -0.494 e. The molecule has 6 heteroatoms. The number of nitrogens with zero attached hydrogens (tertiary/aromatic N) is 1. The largest absolute Gasteiger partial charge is 0.494 e. The van der Waals surface area contributed by atoms with Crippen LogP contribution in [0.1, 0.15) is 5.56 Å². The van der Waals surface area contributed by atoms with E-state index in [1.54, 1.807) is 6.07 Å². The molecule has 0 heterocycles. The van der Waals surface area contributed by atoms with E-state index in [0.717, 1.165) is 0 Å². The first-order valence-electron chi connectivity index (χ1n) is 6.50. The van der Waals surface area contributed by atoms with Crippen LogP contribution in [0.4, 0.5) is 14.5 Å². The topological polar surface area (TPSA) is 29.5 Å². The number of hydrogen-bond acceptors (Lipinski definition) is 2. The number of carbonyl (C=O) groups excluding carboxylic acids is 1. The van der Waals surface area contributed by atoms with Gasteiger partial charge in [0.2, 0.25) is 5.91 Å². The molecule has 0 fully saturated rings. The van der Waals surface area contributed by atoms with Crippen LogP contribution in [0.3, 0.4) is 0 Å². The summed E-state index contributed by atoms with van der Waals surface area (Å²) in [5.41, 5.74) is 0.658. The minimum atomic E-state index is -0.597. The summed E-state index contributed by atoms with van der Waals surface area (Å²) in [4.78, 5) is 13.3. The number of amides is 1. The third kappa shape index (κ3) is 3.54. The number of carbonyl (C=O) groups is 1. The zero-order valence-corrected chi connectivity index (χ0v) is 12.6. The van der Waals surface area contributed by atoms with Crippen LogP contribution in [-0.4, -0.2) is 18.9 Å². The molecule has 0 spiro atoms. The molecule has 0 N–H and O–H groups in total. The van der Waals surface area contributed by atoms with Crippen molar-refractivity contribution in [1.29, 1.82) is 0 Å². The van der Waals surface area contributed by atoms with Gasteiger partial charge in [-0.1, -0.05) is 18.2 Å². The van der Waals surface area contributed by atoms with Gasteiger partial charge in [0.25, 0.3) is 0 Å². The third-order valence-corrected chi connectivity index (χ3v) is 3.34. The second-order valence-electron chi connectivity index (χ2n) is 4.53. The molecule has 0 aliphatic rings. The van der Waals surface area contributed by atoms with Crippen molar-refractivity contribution in [3.05, 3.63) is 59.7 Å². The first kappa shape index (κ1) is 16.2. The Kier molecular flexibility index (Phi) is 5.33. The van der Waals surface area contributed by atoms with Gasteiger partial charge in [-0.15, -0.1) is 11.6 Å². The van der Waals surface area contributed by atoms with Crippen molar-refractivity contribution >= 4 is 23.2 Å². The summed E-state index contributed by atoms with van der Waals surface area (Å²) in [6, 6.07) is 9.87. The fourth-order valence-electron chi connectivity index (χ4n) is 2.06. The molecular weight excluding hydrogens is 312 g/mol. The number of anilines is 1. The molecule has 2 aromatic carbocycles. The van der Waals surface area contributed by atoms with Crippen molar-refractivity contribution in [1.82, 2.24) is 0 Å². The average Bonchev–Trinajstić information content (AvgIpc) is 2.54. The highest BCUT2D eigenvalue weighted by Crippen LogP contribution is 2.32. The smallest absolute Gasteiger partial charge is 0.242 e. The van der Waals surface area contributed by atoms with Gasteiger partial charge < -0.3 is 9.64 Å². The Bertz CT molecular complexity index is 662. The van der Waals surface area contributed by atoms with Gasteiger partial charge in [-0.05, 0) is 29.8 Å². The van der Waals surface area contributed by atoms with Crippen LogP contribution in [0.15, 0.2) is 42.5 Å². The minimum absolute atomic E-state index is 0.0139. The molecule has 0 unspecified atom stereocenters. The first-order chi connectivity index (χ1) is 10.6. The second kappa shape index (κ2) is 7.22. The van der Waals surface area contributed by atoms with Gasteiger partial charge >= 0.3 is 0 Å². The maximum absolute atomic E-state index is 14.2. The van der Waals surface area contributed by atoms with E-state index in [-0.39, 0.29) is 29.7 Å². The third-order valence-electron chi connectivity index (χ3n) is 3.11. The number of methoxy groups -OCH3 is 1. The Morgan fingerprint density at radius 3 is 2.45 bits per heavy atom. The van der Waals surface area contributed by atoms with E-state index >= 15 is 0 Å². The molecule has 0 bridgehead atoms. The van der Waals surface area contributed by atoms with Gasteiger partial charge in [-0.2, -0.15) is 0 Å². The fourth-order valence-corrected chi connectivity index (χ4v) is 2.20. The molecule has 0 saturated heterocycles. The van der Waals surface area contributed by atoms with Crippen LogP contribution in [-0.2, 0) is 11.3 Å². The SMILES string of the molecule is COc1cccc(F)c1N(Cc1ccc(F)cc1)C(=O)CCl. The van der Waals surface area contributed by atoms with E-state index in [0.29, 0.717) is 5.56 Å². The quantitative estimate of drug-likeness (QED) is 0.784. The molecule has 0 aromatic heterocycles.